The summed E-state index contributed by atoms with van der Waals surface area (Å²) in [5, 5.41) is 31.2. The van der Waals surface area contributed by atoms with E-state index in [-0.39, 0.29) is 31.1 Å². The first-order valence-electron chi connectivity index (χ1n) is 11.2. The lowest BCUT2D eigenvalue weighted by molar-refractivity contribution is -1.13. The Balaban J connectivity index is 1.69. The number of aldehydes is 1. The molecule has 1 fully saturated rings. The van der Waals surface area contributed by atoms with Crippen molar-refractivity contribution in [2.45, 2.75) is 31.4 Å². The summed E-state index contributed by atoms with van der Waals surface area (Å²) in [5.74, 6) is -1.77. The Morgan fingerprint density at radius 1 is 1.29 bits per heavy atom. The molecule has 2 unspecified atom stereocenters. The van der Waals surface area contributed by atoms with E-state index in [1.165, 1.54) is 18.2 Å². The molecule has 0 bridgehead atoms. The Morgan fingerprint density at radius 3 is 2.49 bits per heavy atom. The predicted octanol–water partition coefficient (Wildman–Crippen LogP) is 2.95. The molecule has 0 saturated carbocycles. The SMILES string of the molecule is N#CC1(Cc2ccc(F)cc2)CC[N+](O)(C(C=O)OCC(CO)c2ccc(Cl)cc2C(N)=O)CC1. The number of nitriles is 1. The Labute approximate surface area is 207 Å². The monoisotopic (exact) mass is 504 g/mol. The normalized spacial score (nSPS) is 23.7. The summed E-state index contributed by atoms with van der Waals surface area (Å²) >= 11 is 5.95. The second-order valence-electron chi connectivity index (χ2n) is 8.96. The van der Waals surface area contributed by atoms with E-state index in [4.69, 9.17) is 22.1 Å². The number of nitrogens with zero attached hydrogens (tertiary/aromatic N) is 2. The van der Waals surface area contributed by atoms with E-state index in [2.05, 4.69) is 6.07 Å². The standard InChI is InChI=1S/C25H27ClFN3O5/c26-19-3-6-21(22(11-19)24(29)33)18(13-31)15-35-23(14-32)30(34)9-7-25(16-28,8-10-30)12-17-1-4-20(27)5-2-17/h1-6,11,14,18,23,31,34H,7-10,12-13,15H2,(H-,29,33)/p+1. The zero-order valence-corrected chi connectivity index (χ0v) is 19.8. The topological polar surface area (TPSA) is 134 Å². The Hall–Kier alpha value is -2.87. The fourth-order valence-electron chi connectivity index (χ4n) is 4.47. The number of halogens is 2. The highest BCUT2D eigenvalue weighted by Crippen LogP contribution is 2.38. The highest BCUT2D eigenvalue weighted by atomic mass is 35.5. The number of likely N-dealkylation sites (tertiary alicyclic amines) is 1. The van der Waals surface area contributed by atoms with Gasteiger partial charge in [-0.3, -0.25) is 9.59 Å². The lowest BCUT2D eigenvalue weighted by Crippen LogP contribution is -2.60. The molecule has 0 radical (unpaired) electrons. The van der Waals surface area contributed by atoms with Crippen molar-refractivity contribution < 1.29 is 33.7 Å². The van der Waals surface area contributed by atoms with Gasteiger partial charge in [0.2, 0.25) is 12.2 Å². The molecule has 0 spiro atoms. The van der Waals surface area contributed by atoms with Gasteiger partial charge in [-0.2, -0.15) is 9.91 Å². The number of quaternary nitrogens is 1. The minimum absolute atomic E-state index is 0.0927. The van der Waals surface area contributed by atoms with Crippen molar-refractivity contribution in [3.8, 4) is 6.07 Å². The number of nitrogens with two attached hydrogens (primary N) is 1. The second kappa shape index (κ2) is 11.2. The smallest absolute Gasteiger partial charge is 0.280 e. The van der Waals surface area contributed by atoms with Crippen molar-refractivity contribution in [1.82, 2.24) is 0 Å². The minimum atomic E-state index is -1.25. The number of hydrogen-bond acceptors (Lipinski definition) is 6. The van der Waals surface area contributed by atoms with Crippen LogP contribution >= 0.6 is 11.6 Å². The molecule has 1 heterocycles. The summed E-state index contributed by atoms with van der Waals surface area (Å²) in [6.45, 7) is -0.375. The van der Waals surface area contributed by atoms with Crippen molar-refractivity contribution >= 4 is 23.8 Å². The molecule has 1 aliphatic rings. The van der Waals surface area contributed by atoms with E-state index < -0.39 is 34.7 Å². The van der Waals surface area contributed by atoms with Gasteiger partial charge in [-0.15, -0.1) is 0 Å². The summed E-state index contributed by atoms with van der Waals surface area (Å²) in [6.07, 6.45) is 0.241. The van der Waals surface area contributed by atoms with Gasteiger partial charge in [0, 0.05) is 29.3 Å². The molecule has 1 saturated heterocycles. The van der Waals surface area contributed by atoms with Gasteiger partial charge >= 0.3 is 0 Å². The molecule has 1 aliphatic heterocycles. The van der Waals surface area contributed by atoms with Crippen LogP contribution < -0.4 is 5.73 Å². The van der Waals surface area contributed by atoms with Crippen LogP contribution in [0.4, 0.5) is 4.39 Å². The molecule has 2 aromatic rings. The van der Waals surface area contributed by atoms with Gasteiger partial charge in [0.25, 0.3) is 6.23 Å². The first-order chi connectivity index (χ1) is 16.6. The van der Waals surface area contributed by atoms with Crippen molar-refractivity contribution in [2.75, 3.05) is 26.3 Å². The molecular weight excluding hydrogens is 477 g/mol. The van der Waals surface area contributed by atoms with Crippen LogP contribution in [0.1, 0.15) is 40.2 Å². The highest BCUT2D eigenvalue weighted by Gasteiger charge is 2.47. The van der Waals surface area contributed by atoms with Crippen LogP contribution in [0, 0.1) is 22.6 Å². The van der Waals surface area contributed by atoms with Crippen molar-refractivity contribution in [2.24, 2.45) is 11.1 Å². The number of hydroxylamine groups is 3. The number of amides is 1. The molecular formula is C25H28ClFN3O5+. The number of rotatable bonds is 10. The Kier molecular flexibility index (Phi) is 8.59. The summed E-state index contributed by atoms with van der Waals surface area (Å²) in [6, 6.07) is 12.8. The van der Waals surface area contributed by atoms with Crippen molar-refractivity contribution in [3.63, 3.8) is 0 Å². The zero-order chi connectivity index (χ0) is 25.6. The summed E-state index contributed by atoms with van der Waals surface area (Å²) in [7, 11) is 0. The van der Waals surface area contributed by atoms with Crippen LogP contribution in [-0.2, 0) is 16.0 Å². The fourth-order valence-corrected chi connectivity index (χ4v) is 4.64. The third-order valence-corrected chi connectivity index (χ3v) is 6.88. The molecule has 0 aliphatic carbocycles. The molecule has 2 aromatic carbocycles. The number of aliphatic hydroxyl groups is 1. The first kappa shape index (κ1) is 26.7. The average Bonchev–Trinajstić information content (AvgIpc) is 2.85. The summed E-state index contributed by atoms with van der Waals surface area (Å²) in [4.78, 5) is 23.7. The number of piperidine rings is 1. The van der Waals surface area contributed by atoms with Gasteiger partial charge in [-0.1, -0.05) is 29.8 Å². The average molecular weight is 505 g/mol. The zero-order valence-electron chi connectivity index (χ0n) is 19.1. The van der Waals surface area contributed by atoms with E-state index >= 15 is 0 Å². The van der Waals surface area contributed by atoms with E-state index in [0.29, 0.717) is 36.1 Å². The number of aliphatic hydroxyl groups excluding tert-OH is 1. The molecule has 4 N–H and O–H groups in total. The van der Waals surface area contributed by atoms with E-state index in [9.17, 15) is 29.6 Å². The fraction of sp³-hybridized carbons (Fsp3) is 0.400. The van der Waals surface area contributed by atoms with Crippen LogP contribution in [0.5, 0.6) is 0 Å². The van der Waals surface area contributed by atoms with Crippen molar-refractivity contribution in [1.29, 1.82) is 5.26 Å². The van der Waals surface area contributed by atoms with Gasteiger partial charge < -0.3 is 15.6 Å². The predicted molar refractivity (Wildman–Crippen MR) is 125 cm³/mol. The maximum absolute atomic E-state index is 13.2. The van der Waals surface area contributed by atoms with Crippen LogP contribution in [0.25, 0.3) is 0 Å². The van der Waals surface area contributed by atoms with E-state index in [1.54, 1.807) is 24.3 Å². The largest absolute Gasteiger partial charge is 0.396 e. The van der Waals surface area contributed by atoms with Gasteiger partial charge in [0.05, 0.1) is 24.7 Å². The molecule has 186 valence electrons. The van der Waals surface area contributed by atoms with E-state index in [1.807, 2.05) is 0 Å². The molecule has 2 atom stereocenters. The minimum Gasteiger partial charge on any atom is -0.396 e. The third kappa shape index (κ3) is 6.23. The Morgan fingerprint density at radius 2 is 1.94 bits per heavy atom. The number of primary amides is 1. The lowest BCUT2D eigenvalue weighted by Gasteiger charge is -2.42. The molecule has 10 heteroatoms. The van der Waals surface area contributed by atoms with Crippen LogP contribution in [0.3, 0.4) is 0 Å². The number of benzene rings is 2. The van der Waals surface area contributed by atoms with E-state index in [0.717, 1.165) is 5.56 Å². The highest BCUT2D eigenvalue weighted by molar-refractivity contribution is 6.31. The number of carbonyl (C=O) groups is 2. The molecule has 3 rings (SSSR count). The maximum atomic E-state index is 13.2. The van der Waals surface area contributed by atoms with Gasteiger partial charge in [0.15, 0.2) is 0 Å². The van der Waals surface area contributed by atoms with Gasteiger partial charge in [-0.05, 0) is 41.8 Å². The first-order valence-corrected chi connectivity index (χ1v) is 11.6. The summed E-state index contributed by atoms with van der Waals surface area (Å²) < 4.78 is 18.2. The van der Waals surface area contributed by atoms with Crippen LogP contribution in [-0.4, -0.2) is 59.7 Å². The summed E-state index contributed by atoms with van der Waals surface area (Å²) in [5.41, 5.74) is 6.03. The number of ether oxygens (including phenoxy) is 1. The molecule has 0 aromatic heterocycles. The third-order valence-electron chi connectivity index (χ3n) is 6.65. The van der Waals surface area contributed by atoms with Crippen LogP contribution in [0.15, 0.2) is 42.5 Å². The molecule has 8 nitrogen and oxygen atoms in total. The van der Waals surface area contributed by atoms with Gasteiger partial charge in [-0.25, -0.2) is 9.60 Å². The van der Waals surface area contributed by atoms with Crippen molar-refractivity contribution in [3.05, 3.63) is 70.0 Å². The molecule has 1 amide bonds. The molecule has 35 heavy (non-hydrogen) atoms. The maximum Gasteiger partial charge on any atom is 0.280 e. The van der Waals surface area contributed by atoms with Gasteiger partial charge in [0.1, 0.15) is 18.9 Å². The quantitative estimate of drug-likeness (QED) is 0.336. The second-order valence-corrected chi connectivity index (χ2v) is 9.40. The van der Waals surface area contributed by atoms with Crippen LogP contribution in [0.2, 0.25) is 5.02 Å². The number of hydrogen-bond donors (Lipinski definition) is 3. The number of carbonyl (C=O) groups excluding carboxylic acids is 2. The Bertz CT molecular complexity index is 1100. The lowest BCUT2D eigenvalue weighted by atomic mass is 9.75.